The van der Waals surface area contributed by atoms with Gasteiger partial charge in [0.2, 0.25) is 0 Å². The molecule has 1 heterocycles. The largest absolute Gasteiger partial charge is 0.378 e. The molecule has 0 unspecified atom stereocenters. The molecule has 0 radical (unpaired) electrons. The van der Waals surface area contributed by atoms with Crippen molar-refractivity contribution in [2.45, 2.75) is 0 Å². The summed E-state index contributed by atoms with van der Waals surface area (Å²) in [6.07, 6.45) is 0. The SMILES string of the molecule is CN(C)c1ccc(-n2c(=S)[nH]c3cc(Cl)c(Cl)cc32)cc1. The second-order valence-corrected chi connectivity index (χ2v) is 6.16. The minimum atomic E-state index is 0.510. The van der Waals surface area contributed by atoms with E-state index in [4.69, 9.17) is 35.4 Å². The van der Waals surface area contributed by atoms with Crippen molar-refractivity contribution in [3.8, 4) is 5.69 Å². The minimum Gasteiger partial charge on any atom is -0.378 e. The number of aromatic nitrogens is 2. The van der Waals surface area contributed by atoms with Gasteiger partial charge in [0, 0.05) is 25.5 Å². The van der Waals surface area contributed by atoms with Crippen molar-refractivity contribution in [3.63, 3.8) is 0 Å². The van der Waals surface area contributed by atoms with E-state index in [1.54, 1.807) is 6.07 Å². The van der Waals surface area contributed by atoms with Crippen LogP contribution in [0.15, 0.2) is 36.4 Å². The first kappa shape index (κ1) is 14.4. The average molecular weight is 338 g/mol. The number of benzene rings is 2. The van der Waals surface area contributed by atoms with Gasteiger partial charge in [-0.25, -0.2) is 0 Å². The highest BCUT2D eigenvalue weighted by atomic mass is 35.5. The van der Waals surface area contributed by atoms with Crippen LogP contribution in [0.4, 0.5) is 5.69 Å². The third kappa shape index (κ3) is 2.55. The molecule has 0 bridgehead atoms. The number of nitrogens with one attached hydrogen (secondary N) is 1. The maximum absolute atomic E-state index is 6.12. The molecule has 3 rings (SSSR count). The lowest BCUT2D eigenvalue weighted by molar-refractivity contribution is 1.06. The molecule has 0 saturated heterocycles. The predicted octanol–water partition coefficient (Wildman–Crippen LogP) is 5.06. The van der Waals surface area contributed by atoms with Crippen molar-refractivity contribution in [1.82, 2.24) is 9.55 Å². The summed E-state index contributed by atoms with van der Waals surface area (Å²) in [6.45, 7) is 0. The van der Waals surface area contributed by atoms with E-state index in [1.165, 1.54) is 0 Å². The van der Waals surface area contributed by atoms with Crippen LogP contribution in [0.5, 0.6) is 0 Å². The molecule has 0 aliphatic carbocycles. The molecule has 0 atom stereocenters. The van der Waals surface area contributed by atoms with Crippen molar-refractivity contribution in [1.29, 1.82) is 0 Å². The zero-order chi connectivity index (χ0) is 15.1. The number of halogens is 2. The van der Waals surface area contributed by atoms with Crippen molar-refractivity contribution in [2.24, 2.45) is 0 Å². The van der Waals surface area contributed by atoms with E-state index in [2.05, 4.69) is 9.88 Å². The van der Waals surface area contributed by atoms with Gasteiger partial charge in [-0.15, -0.1) is 0 Å². The summed E-state index contributed by atoms with van der Waals surface area (Å²) in [7, 11) is 4.02. The third-order valence-corrected chi connectivity index (χ3v) is 4.36. The number of aromatic amines is 1. The molecule has 0 spiro atoms. The normalized spacial score (nSPS) is 11.0. The Balaban J connectivity index is 2.22. The van der Waals surface area contributed by atoms with Crippen LogP contribution in [0.2, 0.25) is 10.0 Å². The zero-order valence-electron chi connectivity index (χ0n) is 11.5. The quantitative estimate of drug-likeness (QED) is 0.660. The Hall–Kier alpha value is -1.49. The lowest BCUT2D eigenvalue weighted by atomic mass is 10.2. The first-order valence-electron chi connectivity index (χ1n) is 6.35. The highest BCUT2D eigenvalue weighted by molar-refractivity contribution is 7.71. The number of fused-ring (bicyclic) bond motifs is 1. The van der Waals surface area contributed by atoms with Crippen LogP contribution in [0.25, 0.3) is 16.7 Å². The van der Waals surface area contributed by atoms with Gasteiger partial charge in [0.15, 0.2) is 4.77 Å². The molecule has 1 aromatic heterocycles. The Morgan fingerprint density at radius 1 is 1.05 bits per heavy atom. The fourth-order valence-corrected chi connectivity index (χ4v) is 2.89. The summed E-state index contributed by atoms with van der Waals surface area (Å²) in [5.74, 6) is 0. The maximum atomic E-state index is 6.12. The number of nitrogens with zero attached hydrogens (tertiary/aromatic N) is 2. The second kappa shape index (κ2) is 5.37. The monoisotopic (exact) mass is 337 g/mol. The highest BCUT2D eigenvalue weighted by Gasteiger charge is 2.10. The Morgan fingerprint density at radius 3 is 2.29 bits per heavy atom. The fraction of sp³-hybridized carbons (Fsp3) is 0.133. The van der Waals surface area contributed by atoms with Crippen LogP contribution >= 0.6 is 35.4 Å². The molecule has 3 nitrogen and oxygen atoms in total. The van der Waals surface area contributed by atoms with Crippen molar-refractivity contribution >= 4 is 52.1 Å². The summed E-state index contributed by atoms with van der Waals surface area (Å²) in [4.78, 5) is 5.21. The predicted molar refractivity (Wildman–Crippen MR) is 92.8 cm³/mol. The molecule has 0 fully saturated rings. The molecule has 0 aliphatic rings. The average Bonchev–Trinajstić information content (AvgIpc) is 2.75. The molecule has 0 amide bonds. The first-order chi connectivity index (χ1) is 9.97. The van der Waals surface area contributed by atoms with Gasteiger partial charge >= 0.3 is 0 Å². The molecule has 0 aliphatic heterocycles. The Labute approximate surface area is 137 Å². The van der Waals surface area contributed by atoms with Gasteiger partial charge in [-0.05, 0) is 48.6 Å². The number of H-pyrrole nitrogens is 1. The Bertz CT molecular complexity index is 863. The number of anilines is 1. The number of imidazole rings is 1. The van der Waals surface area contributed by atoms with Gasteiger partial charge in [0.05, 0.1) is 21.1 Å². The van der Waals surface area contributed by atoms with Crippen LogP contribution in [-0.4, -0.2) is 23.6 Å². The number of hydrogen-bond donors (Lipinski definition) is 1. The maximum Gasteiger partial charge on any atom is 0.182 e. The highest BCUT2D eigenvalue weighted by Crippen LogP contribution is 2.29. The standard InChI is InChI=1S/C15H13Cl2N3S/c1-19(2)9-3-5-10(6-4-9)20-14-8-12(17)11(16)7-13(14)18-15(20)21/h3-8H,1-2H3,(H,18,21). The molecule has 21 heavy (non-hydrogen) atoms. The Morgan fingerprint density at radius 2 is 1.67 bits per heavy atom. The smallest absolute Gasteiger partial charge is 0.182 e. The van der Waals surface area contributed by atoms with Gasteiger partial charge in [-0.3, -0.25) is 4.57 Å². The summed E-state index contributed by atoms with van der Waals surface area (Å²) < 4.78 is 2.56. The molecule has 6 heteroatoms. The number of hydrogen-bond acceptors (Lipinski definition) is 2. The molecule has 0 saturated carbocycles. The molecular weight excluding hydrogens is 325 g/mol. The minimum absolute atomic E-state index is 0.510. The van der Waals surface area contributed by atoms with E-state index in [0.29, 0.717) is 14.8 Å². The molecule has 1 N–H and O–H groups in total. The van der Waals surface area contributed by atoms with Crippen LogP contribution < -0.4 is 4.90 Å². The molecular formula is C15H13Cl2N3S. The van der Waals surface area contributed by atoms with Crippen molar-refractivity contribution in [3.05, 3.63) is 51.2 Å². The third-order valence-electron chi connectivity index (χ3n) is 3.35. The lowest BCUT2D eigenvalue weighted by Crippen LogP contribution is -2.08. The van der Waals surface area contributed by atoms with Crippen LogP contribution in [0.3, 0.4) is 0 Å². The second-order valence-electron chi connectivity index (χ2n) is 4.96. The van der Waals surface area contributed by atoms with Crippen LogP contribution in [0, 0.1) is 4.77 Å². The topological polar surface area (TPSA) is 24.0 Å². The van der Waals surface area contributed by atoms with Crippen molar-refractivity contribution in [2.75, 3.05) is 19.0 Å². The van der Waals surface area contributed by atoms with E-state index in [0.717, 1.165) is 22.4 Å². The zero-order valence-corrected chi connectivity index (χ0v) is 13.9. The van der Waals surface area contributed by atoms with Gasteiger partial charge in [-0.2, -0.15) is 0 Å². The summed E-state index contributed by atoms with van der Waals surface area (Å²) in [6, 6.07) is 11.8. The number of rotatable bonds is 2. The van der Waals surface area contributed by atoms with Gasteiger partial charge in [0.1, 0.15) is 0 Å². The van der Waals surface area contributed by atoms with Gasteiger partial charge in [-0.1, -0.05) is 23.2 Å². The van der Waals surface area contributed by atoms with E-state index in [9.17, 15) is 0 Å². The molecule has 108 valence electrons. The molecule has 2 aromatic carbocycles. The summed E-state index contributed by atoms with van der Waals surface area (Å²) in [5, 5.41) is 1.02. The van der Waals surface area contributed by atoms with Crippen LogP contribution in [-0.2, 0) is 0 Å². The summed E-state index contributed by atoms with van der Waals surface area (Å²) in [5.41, 5.74) is 3.89. The molecule has 3 aromatic rings. The van der Waals surface area contributed by atoms with E-state index < -0.39 is 0 Å². The van der Waals surface area contributed by atoms with E-state index >= 15 is 0 Å². The van der Waals surface area contributed by atoms with Crippen LogP contribution in [0.1, 0.15) is 0 Å². The van der Waals surface area contributed by atoms with Crippen molar-refractivity contribution < 1.29 is 0 Å². The van der Waals surface area contributed by atoms with Gasteiger partial charge < -0.3 is 9.88 Å². The van der Waals surface area contributed by atoms with E-state index in [1.807, 2.05) is 49.0 Å². The van der Waals surface area contributed by atoms with E-state index in [-0.39, 0.29) is 0 Å². The fourth-order valence-electron chi connectivity index (χ4n) is 2.26. The van der Waals surface area contributed by atoms with Gasteiger partial charge in [0.25, 0.3) is 0 Å². The summed E-state index contributed by atoms with van der Waals surface area (Å²) >= 11 is 17.6. The first-order valence-corrected chi connectivity index (χ1v) is 7.51. The Kier molecular flexibility index (Phi) is 3.69. The lowest BCUT2D eigenvalue weighted by Gasteiger charge is -2.13.